The van der Waals surface area contributed by atoms with Crippen molar-refractivity contribution in [2.45, 2.75) is 26.2 Å². The van der Waals surface area contributed by atoms with Crippen LogP contribution in [-0.4, -0.2) is 13.1 Å². The van der Waals surface area contributed by atoms with Crippen molar-refractivity contribution in [1.29, 1.82) is 0 Å². The van der Waals surface area contributed by atoms with Gasteiger partial charge in [0.25, 0.3) is 0 Å². The highest BCUT2D eigenvalue weighted by molar-refractivity contribution is 6.31. The zero-order valence-corrected chi connectivity index (χ0v) is 9.98. The van der Waals surface area contributed by atoms with Crippen molar-refractivity contribution < 1.29 is 0 Å². The Morgan fingerprint density at radius 1 is 1.27 bits per heavy atom. The molecule has 2 heteroatoms. The minimum absolute atomic E-state index is 0.427. The van der Waals surface area contributed by atoms with Crippen LogP contribution in [-0.2, 0) is 6.42 Å². The summed E-state index contributed by atoms with van der Waals surface area (Å²) in [5, 5.41) is 4.32. The number of nitrogens with one attached hydrogen (secondary N) is 1. The van der Waals surface area contributed by atoms with Crippen molar-refractivity contribution in [3.63, 3.8) is 0 Å². The first-order chi connectivity index (χ1) is 7.20. The van der Waals surface area contributed by atoms with Crippen molar-refractivity contribution in [2.75, 3.05) is 13.1 Å². The molecule has 1 aromatic carbocycles. The van der Waals surface area contributed by atoms with E-state index in [1.807, 2.05) is 12.1 Å². The molecule has 0 unspecified atom stereocenters. The molecule has 0 radical (unpaired) electrons. The molecule has 1 nitrogen and oxygen atoms in total. The Morgan fingerprint density at radius 3 is 2.60 bits per heavy atom. The van der Waals surface area contributed by atoms with Gasteiger partial charge in [-0.2, -0.15) is 0 Å². The lowest BCUT2D eigenvalue weighted by molar-refractivity contribution is 0.228. The number of hydrogen-bond donors (Lipinski definition) is 1. The molecule has 0 aliphatic carbocycles. The van der Waals surface area contributed by atoms with Gasteiger partial charge in [0.15, 0.2) is 0 Å². The van der Waals surface area contributed by atoms with Crippen molar-refractivity contribution in [3.8, 4) is 0 Å². The highest BCUT2D eigenvalue weighted by Gasteiger charge is 2.27. The van der Waals surface area contributed by atoms with E-state index in [0.29, 0.717) is 5.41 Å². The minimum Gasteiger partial charge on any atom is -0.317 e. The standard InChI is InChI=1S/C13H18ClN/c1-13(6-8-15-9-7-13)10-11-4-2-3-5-12(11)14/h2-5,15H,6-10H2,1H3. The number of piperidine rings is 1. The normalized spacial score (nSPS) is 20.1. The van der Waals surface area contributed by atoms with Crippen LogP contribution in [0, 0.1) is 5.41 Å². The molecule has 0 amide bonds. The van der Waals surface area contributed by atoms with E-state index in [0.717, 1.165) is 24.5 Å². The van der Waals surface area contributed by atoms with Gasteiger partial charge in [-0.05, 0) is 49.4 Å². The van der Waals surface area contributed by atoms with Gasteiger partial charge in [0.1, 0.15) is 0 Å². The third kappa shape index (κ3) is 2.73. The van der Waals surface area contributed by atoms with E-state index >= 15 is 0 Å². The van der Waals surface area contributed by atoms with Gasteiger partial charge in [-0.15, -0.1) is 0 Å². The second kappa shape index (κ2) is 4.54. The van der Waals surface area contributed by atoms with Crippen molar-refractivity contribution >= 4 is 11.6 Å². The summed E-state index contributed by atoms with van der Waals surface area (Å²) in [4.78, 5) is 0. The van der Waals surface area contributed by atoms with Gasteiger partial charge < -0.3 is 5.32 Å². The van der Waals surface area contributed by atoms with Gasteiger partial charge in [0, 0.05) is 5.02 Å². The highest BCUT2D eigenvalue weighted by atomic mass is 35.5. The van der Waals surface area contributed by atoms with Crippen LogP contribution in [0.4, 0.5) is 0 Å². The molecule has 1 N–H and O–H groups in total. The Balaban J connectivity index is 2.10. The van der Waals surface area contributed by atoms with Crippen LogP contribution in [0.3, 0.4) is 0 Å². The first-order valence-corrected chi connectivity index (χ1v) is 6.02. The van der Waals surface area contributed by atoms with Gasteiger partial charge in [0.05, 0.1) is 0 Å². The summed E-state index contributed by atoms with van der Waals surface area (Å²) in [5.74, 6) is 0. The molecule has 1 heterocycles. The molecule has 82 valence electrons. The third-order valence-electron chi connectivity index (χ3n) is 3.39. The summed E-state index contributed by atoms with van der Waals surface area (Å²) in [6.07, 6.45) is 3.60. The summed E-state index contributed by atoms with van der Waals surface area (Å²) in [5.41, 5.74) is 1.72. The SMILES string of the molecule is CC1(Cc2ccccc2Cl)CCNCC1. The molecular weight excluding hydrogens is 206 g/mol. The van der Waals surface area contributed by atoms with Crippen molar-refractivity contribution in [3.05, 3.63) is 34.9 Å². The maximum atomic E-state index is 6.19. The maximum absolute atomic E-state index is 6.19. The van der Waals surface area contributed by atoms with E-state index in [2.05, 4.69) is 24.4 Å². The molecule has 1 aliphatic heterocycles. The fraction of sp³-hybridized carbons (Fsp3) is 0.538. The zero-order valence-electron chi connectivity index (χ0n) is 9.22. The van der Waals surface area contributed by atoms with E-state index in [1.165, 1.54) is 18.4 Å². The lowest BCUT2D eigenvalue weighted by Gasteiger charge is -2.34. The Hall–Kier alpha value is -0.530. The molecule has 1 saturated heterocycles. The Morgan fingerprint density at radius 2 is 1.93 bits per heavy atom. The topological polar surface area (TPSA) is 12.0 Å². The first-order valence-electron chi connectivity index (χ1n) is 5.64. The van der Waals surface area contributed by atoms with E-state index in [4.69, 9.17) is 11.6 Å². The predicted molar refractivity (Wildman–Crippen MR) is 65.4 cm³/mol. The Kier molecular flexibility index (Phi) is 3.32. The number of rotatable bonds is 2. The minimum atomic E-state index is 0.427. The molecule has 1 aliphatic rings. The Bertz CT molecular complexity index is 329. The van der Waals surface area contributed by atoms with Crippen molar-refractivity contribution in [2.24, 2.45) is 5.41 Å². The fourth-order valence-electron chi connectivity index (χ4n) is 2.31. The molecule has 1 aromatic rings. The molecule has 0 atom stereocenters. The van der Waals surface area contributed by atoms with Gasteiger partial charge in [-0.25, -0.2) is 0 Å². The molecule has 0 bridgehead atoms. The van der Waals surface area contributed by atoms with E-state index in [9.17, 15) is 0 Å². The van der Waals surface area contributed by atoms with Crippen LogP contribution in [0.15, 0.2) is 24.3 Å². The average Bonchev–Trinajstić information content (AvgIpc) is 2.22. The Labute approximate surface area is 96.8 Å². The summed E-state index contributed by atoms with van der Waals surface area (Å²) < 4.78 is 0. The van der Waals surface area contributed by atoms with E-state index in [-0.39, 0.29) is 0 Å². The molecule has 1 fully saturated rings. The van der Waals surface area contributed by atoms with Crippen LogP contribution in [0.2, 0.25) is 5.02 Å². The van der Waals surface area contributed by atoms with Gasteiger partial charge in [-0.3, -0.25) is 0 Å². The summed E-state index contributed by atoms with van der Waals surface area (Å²) in [6, 6.07) is 8.21. The lowest BCUT2D eigenvalue weighted by atomic mass is 9.76. The van der Waals surface area contributed by atoms with Gasteiger partial charge in [-0.1, -0.05) is 36.7 Å². The van der Waals surface area contributed by atoms with Crippen molar-refractivity contribution in [1.82, 2.24) is 5.32 Å². The molecule has 0 aromatic heterocycles. The maximum Gasteiger partial charge on any atom is 0.0438 e. The van der Waals surface area contributed by atoms with Gasteiger partial charge >= 0.3 is 0 Å². The molecular formula is C13H18ClN. The van der Waals surface area contributed by atoms with Crippen LogP contribution in [0.5, 0.6) is 0 Å². The predicted octanol–water partition coefficient (Wildman–Crippen LogP) is 3.27. The van der Waals surface area contributed by atoms with E-state index in [1.54, 1.807) is 0 Å². The molecule has 15 heavy (non-hydrogen) atoms. The monoisotopic (exact) mass is 223 g/mol. The quantitative estimate of drug-likeness (QED) is 0.812. The highest BCUT2D eigenvalue weighted by Crippen LogP contribution is 2.33. The molecule has 0 saturated carbocycles. The van der Waals surface area contributed by atoms with Crippen LogP contribution < -0.4 is 5.32 Å². The molecule has 2 rings (SSSR count). The van der Waals surface area contributed by atoms with Crippen LogP contribution >= 0.6 is 11.6 Å². The number of halogens is 1. The largest absolute Gasteiger partial charge is 0.317 e. The zero-order chi connectivity index (χ0) is 10.7. The second-order valence-electron chi connectivity index (χ2n) is 4.83. The summed E-state index contributed by atoms with van der Waals surface area (Å²) >= 11 is 6.19. The van der Waals surface area contributed by atoms with Crippen LogP contribution in [0.25, 0.3) is 0 Å². The first kappa shape index (κ1) is 11.0. The van der Waals surface area contributed by atoms with Gasteiger partial charge in [0.2, 0.25) is 0 Å². The molecule has 0 spiro atoms. The lowest BCUT2D eigenvalue weighted by Crippen LogP contribution is -2.36. The second-order valence-corrected chi connectivity index (χ2v) is 5.24. The summed E-state index contributed by atoms with van der Waals surface area (Å²) in [6.45, 7) is 4.65. The number of hydrogen-bond acceptors (Lipinski definition) is 1. The summed E-state index contributed by atoms with van der Waals surface area (Å²) in [7, 11) is 0. The third-order valence-corrected chi connectivity index (χ3v) is 3.75. The average molecular weight is 224 g/mol. The fourth-order valence-corrected chi connectivity index (χ4v) is 2.51. The number of benzene rings is 1. The van der Waals surface area contributed by atoms with E-state index < -0.39 is 0 Å². The van der Waals surface area contributed by atoms with Crippen LogP contribution in [0.1, 0.15) is 25.3 Å². The smallest absolute Gasteiger partial charge is 0.0438 e.